The Morgan fingerprint density at radius 1 is 1.41 bits per heavy atom. The average molecular weight is 256 g/mol. The number of aliphatic hydroxyl groups excluding tert-OH is 1. The van der Waals surface area contributed by atoms with E-state index in [0.717, 1.165) is 12.8 Å². The molecule has 2 rings (SSSR count). The van der Waals surface area contributed by atoms with E-state index < -0.39 is 0 Å². The predicted molar refractivity (Wildman–Crippen MR) is 70.3 cm³/mol. The molecule has 0 aromatic carbocycles. The Balaban J connectivity index is 2.27. The van der Waals surface area contributed by atoms with Crippen LogP contribution in [0.25, 0.3) is 0 Å². The van der Waals surface area contributed by atoms with Crippen molar-refractivity contribution in [2.75, 3.05) is 23.8 Å². The highest BCUT2D eigenvalue weighted by molar-refractivity contribution is 6.29. The van der Waals surface area contributed by atoms with Crippen molar-refractivity contribution in [3.05, 3.63) is 17.3 Å². The summed E-state index contributed by atoms with van der Waals surface area (Å²) in [6, 6.07) is 3.88. The molecule has 1 aliphatic rings. The van der Waals surface area contributed by atoms with Crippen LogP contribution in [0.4, 0.5) is 11.5 Å². The Kier molecular flexibility index (Phi) is 4.07. The van der Waals surface area contributed by atoms with Gasteiger partial charge in [-0.25, -0.2) is 4.98 Å². The third-order valence-electron chi connectivity index (χ3n) is 3.25. The van der Waals surface area contributed by atoms with E-state index >= 15 is 0 Å². The lowest BCUT2D eigenvalue weighted by atomic mass is 10.2. The van der Waals surface area contributed by atoms with Crippen molar-refractivity contribution >= 4 is 23.1 Å². The maximum Gasteiger partial charge on any atom is 0.153 e. The Morgan fingerprint density at radius 2 is 2.12 bits per heavy atom. The highest BCUT2D eigenvalue weighted by Gasteiger charge is 2.24. The first-order valence-corrected chi connectivity index (χ1v) is 6.39. The second-order valence-electron chi connectivity index (χ2n) is 4.40. The van der Waals surface area contributed by atoms with Gasteiger partial charge in [0.1, 0.15) is 5.15 Å². The Hall–Kier alpha value is -1.00. The lowest BCUT2D eigenvalue weighted by Crippen LogP contribution is -2.36. The van der Waals surface area contributed by atoms with Crippen LogP contribution in [-0.2, 0) is 0 Å². The fourth-order valence-electron chi connectivity index (χ4n) is 2.45. The number of pyridine rings is 1. The Morgan fingerprint density at radius 3 is 2.76 bits per heavy atom. The molecule has 0 unspecified atom stereocenters. The van der Waals surface area contributed by atoms with Gasteiger partial charge in [0.25, 0.3) is 0 Å². The number of rotatable bonds is 4. The summed E-state index contributed by atoms with van der Waals surface area (Å²) in [6.45, 7) is 0.659. The first kappa shape index (κ1) is 12.5. The summed E-state index contributed by atoms with van der Waals surface area (Å²) in [5.74, 6) is 0.707. The zero-order valence-corrected chi connectivity index (χ0v) is 10.5. The third kappa shape index (κ3) is 2.82. The molecule has 0 saturated heterocycles. The van der Waals surface area contributed by atoms with Crippen molar-refractivity contribution in [3.8, 4) is 0 Å². The molecule has 1 saturated carbocycles. The van der Waals surface area contributed by atoms with E-state index in [2.05, 4.69) is 9.88 Å². The Labute approximate surface area is 106 Å². The van der Waals surface area contributed by atoms with Crippen molar-refractivity contribution < 1.29 is 5.11 Å². The molecule has 17 heavy (non-hydrogen) atoms. The van der Waals surface area contributed by atoms with Crippen LogP contribution in [0.5, 0.6) is 0 Å². The summed E-state index contributed by atoms with van der Waals surface area (Å²) >= 11 is 5.91. The minimum atomic E-state index is 0.101. The first-order valence-electron chi connectivity index (χ1n) is 6.02. The summed E-state index contributed by atoms with van der Waals surface area (Å²) < 4.78 is 0. The summed E-state index contributed by atoms with van der Waals surface area (Å²) in [7, 11) is 0. The standard InChI is InChI=1S/C12H18ClN3O/c13-11-6-5-10(14)12(15-11)16(7-8-17)9-3-1-2-4-9/h5-6,9,17H,1-4,7-8,14H2. The van der Waals surface area contributed by atoms with Gasteiger partial charge in [-0.15, -0.1) is 0 Å². The summed E-state index contributed by atoms with van der Waals surface area (Å²) in [6.07, 6.45) is 4.72. The van der Waals surface area contributed by atoms with Crippen LogP contribution in [0.1, 0.15) is 25.7 Å². The van der Waals surface area contributed by atoms with E-state index in [1.165, 1.54) is 12.8 Å². The van der Waals surface area contributed by atoms with Crippen LogP contribution in [0.3, 0.4) is 0 Å². The highest BCUT2D eigenvalue weighted by atomic mass is 35.5. The summed E-state index contributed by atoms with van der Waals surface area (Å²) in [5.41, 5.74) is 6.56. The molecule has 3 N–H and O–H groups in total. The molecule has 0 aliphatic heterocycles. The third-order valence-corrected chi connectivity index (χ3v) is 3.46. The van der Waals surface area contributed by atoms with Crippen molar-refractivity contribution in [2.24, 2.45) is 0 Å². The minimum absolute atomic E-state index is 0.101. The largest absolute Gasteiger partial charge is 0.396 e. The lowest BCUT2D eigenvalue weighted by molar-refractivity contribution is 0.297. The monoisotopic (exact) mass is 255 g/mol. The highest BCUT2D eigenvalue weighted by Crippen LogP contribution is 2.30. The van der Waals surface area contributed by atoms with Crippen LogP contribution >= 0.6 is 11.6 Å². The number of halogens is 1. The van der Waals surface area contributed by atoms with E-state index in [1.54, 1.807) is 12.1 Å². The topological polar surface area (TPSA) is 62.4 Å². The molecule has 94 valence electrons. The second kappa shape index (κ2) is 5.56. The normalized spacial score (nSPS) is 16.4. The predicted octanol–water partition coefficient (Wildman–Crippen LogP) is 2.06. The lowest BCUT2D eigenvalue weighted by Gasteiger charge is -2.30. The Bertz CT molecular complexity index is 380. The van der Waals surface area contributed by atoms with Gasteiger partial charge in [-0.05, 0) is 25.0 Å². The fraction of sp³-hybridized carbons (Fsp3) is 0.583. The van der Waals surface area contributed by atoms with Crippen molar-refractivity contribution in [1.82, 2.24) is 4.98 Å². The molecule has 1 aliphatic carbocycles. The molecular formula is C12H18ClN3O. The average Bonchev–Trinajstić information content (AvgIpc) is 2.83. The molecule has 0 spiro atoms. The van der Waals surface area contributed by atoms with E-state index in [1.807, 2.05) is 0 Å². The van der Waals surface area contributed by atoms with Crippen LogP contribution in [0.15, 0.2) is 12.1 Å². The van der Waals surface area contributed by atoms with Gasteiger partial charge in [0.2, 0.25) is 0 Å². The van der Waals surface area contributed by atoms with Gasteiger partial charge in [0, 0.05) is 12.6 Å². The first-order chi connectivity index (χ1) is 8.22. The number of nitrogens with zero attached hydrogens (tertiary/aromatic N) is 2. The number of nitrogen functional groups attached to an aromatic ring is 1. The van der Waals surface area contributed by atoms with Gasteiger partial charge in [0.05, 0.1) is 12.3 Å². The molecule has 5 heteroatoms. The molecule has 1 heterocycles. The van der Waals surface area contributed by atoms with Gasteiger partial charge in [0.15, 0.2) is 5.82 Å². The SMILES string of the molecule is Nc1ccc(Cl)nc1N(CCO)C1CCCC1. The van der Waals surface area contributed by atoms with E-state index in [9.17, 15) is 5.11 Å². The van der Waals surface area contributed by atoms with Crippen LogP contribution in [0, 0.1) is 0 Å². The molecule has 1 aromatic heterocycles. The van der Waals surface area contributed by atoms with E-state index in [-0.39, 0.29) is 6.61 Å². The smallest absolute Gasteiger partial charge is 0.153 e. The van der Waals surface area contributed by atoms with Crippen molar-refractivity contribution in [2.45, 2.75) is 31.7 Å². The zero-order valence-electron chi connectivity index (χ0n) is 9.77. The number of aliphatic hydroxyl groups is 1. The molecule has 0 radical (unpaired) electrons. The summed E-state index contributed by atoms with van der Waals surface area (Å²) in [5, 5.41) is 9.62. The van der Waals surface area contributed by atoms with Gasteiger partial charge in [-0.3, -0.25) is 0 Å². The van der Waals surface area contributed by atoms with Gasteiger partial charge >= 0.3 is 0 Å². The molecule has 1 aromatic rings. The maximum atomic E-state index is 9.18. The van der Waals surface area contributed by atoms with Gasteiger partial charge in [-0.1, -0.05) is 24.4 Å². The zero-order chi connectivity index (χ0) is 12.3. The molecule has 1 fully saturated rings. The van der Waals surface area contributed by atoms with Crippen molar-refractivity contribution in [1.29, 1.82) is 0 Å². The number of hydrogen-bond donors (Lipinski definition) is 2. The summed E-state index contributed by atoms with van der Waals surface area (Å²) in [4.78, 5) is 6.38. The van der Waals surface area contributed by atoms with Crippen LogP contribution in [0.2, 0.25) is 5.15 Å². The van der Waals surface area contributed by atoms with Gasteiger partial charge < -0.3 is 15.7 Å². The number of aromatic nitrogens is 1. The van der Waals surface area contributed by atoms with Crippen molar-refractivity contribution in [3.63, 3.8) is 0 Å². The quantitative estimate of drug-likeness (QED) is 0.809. The molecule has 0 amide bonds. The van der Waals surface area contributed by atoms with E-state index in [4.69, 9.17) is 17.3 Å². The van der Waals surface area contributed by atoms with Gasteiger partial charge in [-0.2, -0.15) is 0 Å². The fourth-order valence-corrected chi connectivity index (χ4v) is 2.59. The van der Waals surface area contributed by atoms with Crippen LogP contribution < -0.4 is 10.6 Å². The molecule has 0 bridgehead atoms. The second-order valence-corrected chi connectivity index (χ2v) is 4.79. The number of nitrogens with two attached hydrogens (primary N) is 1. The van der Waals surface area contributed by atoms with E-state index in [0.29, 0.717) is 29.2 Å². The number of anilines is 2. The van der Waals surface area contributed by atoms with Crippen LogP contribution in [-0.4, -0.2) is 29.3 Å². The minimum Gasteiger partial charge on any atom is -0.396 e. The maximum absolute atomic E-state index is 9.18. The molecule has 0 atom stereocenters. The number of hydrogen-bond acceptors (Lipinski definition) is 4. The molecular weight excluding hydrogens is 238 g/mol. The molecule has 4 nitrogen and oxygen atoms in total.